The Morgan fingerprint density at radius 2 is 1.89 bits per heavy atom. The van der Waals surface area contributed by atoms with E-state index in [1.54, 1.807) is 32.0 Å². The molecule has 1 atom stereocenters. The molecular weight excluding hydrogens is 246 g/mol. The van der Waals surface area contributed by atoms with Crippen LogP contribution in [0.5, 0.6) is 0 Å². The second-order valence-corrected chi connectivity index (χ2v) is 4.30. The molecule has 1 rings (SSSR count). The van der Waals surface area contributed by atoms with Gasteiger partial charge in [-0.05, 0) is 38.5 Å². The molecule has 0 saturated carbocycles. The SMILES string of the molecule is COC(=O)[C@@H](C)NC(=O)c1ccc(C(C)=O)cc1C. The van der Waals surface area contributed by atoms with Crippen LogP contribution in [0.3, 0.4) is 0 Å². The first kappa shape index (κ1) is 14.9. The van der Waals surface area contributed by atoms with Crippen molar-refractivity contribution in [1.29, 1.82) is 0 Å². The molecule has 1 amide bonds. The lowest BCUT2D eigenvalue weighted by molar-refractivity contribution is -0.142. The number of ether oxygens (including phenoxy) is 1. The van der Waals surface area contributed by atoms with Gasteiger partial charge in [-0.1, -0.05) is 6.07 Å². The fraction of sp³-hybridized carbons (Fsp3) is 0.357. The molecule has 0 saturated heterocycles. The van der Waals surface area contributed by atoms with Crippen LogP contribution in [0.25, 0.3) is 0 Å². The average Bonchev–Trinajstić information content (AvgIpc) is 2.37. The molecule has 1 aromatic carbocycles. The summed E-state index contributed by atoms with van der Waals surface area (Å²) in [6, 6.07) is 4.10. The van der Waals surface area contributed by atoms with Gasteiger partial charge in [0.15, 0.2) is 5.78 Å². The van der Waals surface area contributed by atoms with Gasteiger partial charge in [0.25, 0.3) is 5.91 Å². The summed E-state index contributed by atoms with van der Waals surface area (Å²) in [6.07, 6.45) is 0. The standard InChI is InChI=1S/C14H17NO4/c1-8-7-11(10(3)16)5-6-12(8)13(17)15-9(2)14(18)19-4/h5-7,9H,1-4H3,(H,15,17)/t9-/m1/s1. The normalized spacial score (nSPS) is 11.6. The van der Waals surface area contributed by atoms with Crippen LogP contribution < -0.4 is 5.32 Å². The predicted molar refractivity (Wildman–Crippen MR) is 70.1 cm³/mol. The van der Waals surface area contributed by atoms with Crippen molar-refractivity contribution in [3.05, 3.63) is 34.9 Å². The molecule has 102 valence electrons. The molecular formula is C14H17NO4. The van der Waals surface area contributed by atoms with Crippen LogP contribution in [0.4, 0.5) is 0 Å². The quantitative estimate of drug-likeness (QED) is 0.660. The van der Waals surface area contributed by atoms with Gasteiger partial charge in [-0.25, -0.2) is 4.79 Å². The number of Topliss-reactive ketones (excluding diaryl/α,β-unsaturated/α-hetero) is 1. The van der Waals surface area contributed by atoms with Gasteiger partial charge in [0.2, 0.25) is 0 Å². The first-order valence-corrected chi connectivity index (χ1v) is 5.87. The highest BCUT2D eigenvalue weighted by molar-refractivity contribution is 6.00. The molecule has 0 aromatic heterocycles. The first-order chi connectivity index (χ1) is 8.86. The van der Waals surface area contributed by atoms with Crippen LogP contribution in [-0.4, -0.2) is 30.8 Å². The number of nitrogens with one attached hydrogen (secondary N) is 1. The van der Waals surface area contributed by atoms with Crippen molar-refractivity contribution in [2.45, 2.75) is 26.8 Å². The maximum atomic E-state index is 12.0. The number of ketones is 1. The molecule has 0 unspecified atom stereocenters. The number of benzene rings is 1. The smallest absolute Gasteiger partial charge is 0.328 e. The number of esters is 1. The minimum Gasteiger partial charge on any atom is -0.467 e. The highest BCUT2D eigenvalue weighted by atomic mass is 16.5. The Kier molecular flexibility index (Phi) is 4.80. The number of carbonyl (C=O) groups excluding carboxylic acids is 3. The van der Waals surface area contributed by atoms with E-state index in [1.165, 1.54) is 14.0 Å². The van der Waals surface area contributed by atoms with Gasteiger partial charge in [0, 0.05) is 11.1 Å². The van der Waals surface area contributed by atoms with Gasteiger partial charge in [-0.2, -0.15) is 0 Å². The van der Waals surface area contributed by atoms with Crippen LogP contribution >= 0.6 is 0 Å². The van der Waals surface area contributed by atoms with Crippen molar-refractivity contribution in [2.24, 2.45) is 0 Å². The minimum atomic E-state index is -0.718. The van der Waals surface area contributed by atoms with E-state index in [2.05, 4.69) is 10.1 Å². The second kappa shape index (κ2) is 6.13. The Hall–Kier alpha value is -2.17. The minimum absolute atomic E-state index is 0.0574. The van der Waals surface area contributed by atoms with E-state index < -0.39 is 12.0 Å². The first-order valence-electron chi connectivity index (χ1n) is 5.87. The van der Waals surface area contributed by atoms with Gasteiger partial charge in [0.1, 0.15) is 6.04 Å². The van der Waals surface area contributed by atoms with Crippen LogP contribution in [-0.2, 0) is 9.53 Å². The molecule has 0 heterocycles. The molecule has 0 bridgehead atoms. The van der Waals surface area contributed by atoms with Crippen molar-refractivity contribution < 1.29 is 19.1 Å². The van der Waals surface area contributed by atoms with Crippen molar-refractivity contribution in [3.63, 3.8) is 0 Å². The van der Waals surface area contributed by atoms with Gasteiger partial charge in [0.05, 0.1) is 7.11 Å². The largest absolute Gasteiger partial charge is 0.467 e. The summed E-state index contributed by atoms with van der Waals surface area (Å²) in [6.45, 7) is 4.75. The molecule has 0 aliphatic heterocycles. The lowest BCUT2D eigenvalue weighted by Gasteiger charge is -2.13. The molecule has 0 spiro atoms. The number of aryl methyl sites for hydroxylation is 1. The number of hydrogen-bond acceptors (Lipinski definition) is 4. The molecule has 19 heavy (non-hydrogen) atoms. The Morgan fingerprint density at radius 3 is 2.37 bits per heavy atom. The number of hydrogen-bond donors (Lipinski definition) is 1. The highest BCUT2D eigenvalue weighted by Crippen LogP contribution is 2.12. The van der Waals surface area contributed by atoms with Crippen LogP contribution in [0.1, 0.15) is 40.1 Å². The summed E-state index contributed by atoms with van der Waals surface area (Å²) < 4.78 is 4.53. The van der Waals surface area contributed by atoms with Crippen LogP contribution in [0.2, 0.25) is 0 Å². The molecule has 0 aliphatic carbocycles. The fourth-order valence-electron chi connectivity index (χ4n) is 1.65. The zero-order valence-electron chi connectivity index (χ0n) is 11.4. The van der Waals surface area contributed by atoms with E-state index >= 15 is 0 Å². The van der Waals surface area contributed by atoms with E-state index in [-0.39, 0.29) is 11.7 Å². The predicted octanol–water partition coefficient (Wildman–Crippen LogP) is 1.49. The van der Waals surface area contributed by atoms with E-state index in [9.17, 15) is 14.4 Å². The fourth-order valence-corrected chi connectivity index (χ4v) is 1.65. The molecule has 0 aliphatic rings. The third kappa shape index (κ3) is 3.64. The van der Waals surface area contributed by atoms with Crippen molar-refractivity contribution in [2.75, 3.05) is 7.11 Å². The third-order valence-electron chi connectivity index (χ3n) is 2.78. The zero-order chi connectivity index (χ0) is 14.6. The van der Waals surface area contributed by atoms with Gasteiger partial charge in [-0.3, -0.25) is 9.59 Å². The summed E-state index contributed by atoms with van der Waals surface area (Å²) in [7, 11) is 1.26. The van der Waals surface area contributed by atoms with E-state index in [1.807, 2.05) is 0 Å². The second-order valence-electron chi connectivity index (χ2n) is 4.30. The lowest BCUT2D eigenvalue weighted by Crippen LogP contribution is -2.39. The van der Waals surface area contributed by atoms with Crippen molar-refractivity contribution in [1.82, 2.24) is 5.32 Å². The Labute approximate surface area is 111 Å². The average molecular weight is 263 g/mol. The summed E-state index contributed by atoms with van der Waals surface area (Å²) in [4.78, 5) is 34.4. The number of methoxy groups -OCH3 is 1. The highest BCUT2D eigenvalue weighted by Gasteiger charge is 2.18. The molecule has 1 aromatic rings. The Balaban J connectivity index is 2.89. The monoisotopic (exact) mass is 263 g/mol. The van der Waals surface area contributed by atoms with E-state index in [0.717, 1.165) is 0 Å². The number of carbonyl (C=O) groups is 3. The lowest BCUT2D eigenvalue weighted by atomic mass is 10.0. The molecule has 1 N–H and O–H groups in total. The summed E-state index contributed by atoms with van der Waals surface area (Å²) in [5, 5.41) is 2.54. The molecule has 0 radical (unpaired) electrons. The maximum Gasteiger partial charge on any atom is 0.328 e. The van der Waals surface area contributed by atoms with Crippen LogP contribution in [0, 0.1) is 6.92 Å². The molecule has 5 nitrogen and oxygen atoms in total. The topological polar surface area (TPSA) is 72.5 Å². The van der Waals surface area contributed by atoms with E-state index in [4.69, 9.17) is 0 Å². The Bertz CT molecular complexity index is 522. The molecule has 5 heteroatoms. The number of rotatable bonds is 4. The van der Waals surface area contributed by atoms with Gasteiger partial charge >= 0.3 is 5.97 Å². The Morgan fingerprint density at radius 1 is 1.26 bits per heavy atom. The summed E-state index contributed by atoms with van der Waals surface area (Å²) >= 11 is 0. The molecule has 0 fully saturated rings. The third-order valence-corrected chi connectivity index (χ3v) is 2.78. The summed E-state index contributed by atoms with van der Waals surface area (Å²) in [5.41, 5.74) is 1.66. The van der Waals surface area contributed by atoms with Crippen molar-refractivity contribution >= 4 is 17.7 Å². The summed E-state index contributed by atoms with van der Waals surface area (Å²) in [5.74, 6) is -0.935. The van der Waals surface area contributed by atoms with E-state index in [0.29, 0.717) is 16.7 Å². The van der Waals surface area contributed by atoms with Gasteiger partial charge in [-0.15, -0.1) is 0 Å². The van der Waals surface area contributed by atoms with Crippen molar-refractivity contribution in [3.8, 4) is 0 Å². The van der Waals surface area contributed by atoms with Gasteiger partial charge < -0.3 is 10.1 Å². The maximum absolute atomic E-state index is 12.0. The number of amides is 1. The zero-order valence-corrected chi connectivity index (χ0v) is 11.4. The van der Waals surface area contributed by atoms with Crippen LogP contribution in [0.15, 0.2) is 18.2 Å².